The highest BCUT2D eigenvalue weighted by atomic mass is 19.1. The van der Waals surface area contributed by atoms with Crippen LogP contribution >= 0.6 is 0 Å². The molecule has 1 aromatic carbocycles. The SMILES string of the molecule is CCN(CC)c1ccc(NC(=O)c2ccncc2F)cc1. The van der Waals surface area contributed by atoms with Gasteiger partial charge in [0, 0.05) is 30.7 Å². The Morgan fingerprint density at radius 3 is 2.43 bits per heavy atom. The van der Waals surface area contributed by atoms with E-state index in [1.54, 1.807) is 0 Å². The highest BCUT2D eigenvalue weighted by Crippen LogP contribution is 2.18. The van der Waals surface area contributed by atoms with Crippen molar-refractivity contribution < 1.29 is 9.18 Å². The van der Waals surface area contributed by atoms with E-state index in [-0.39, 0.29) is 5.56 Å². The first-order chi connectivity index (χ1) is 10.2. The summed E-state index contributed by atoms with van der Waals surface area (Å²) >= 11 is 0. The van der Waals surface area contributed by atoms with Crippen LogP contribution in [0.5, 0.6) is 0 Å². The third-order valence-electron chi connectivity index (χ3n) is 3.27. The second-order valence-corrected chi connectivity index (χ2v) is 4.53. The van der Waals surface area contributed by atoms with Crippen LogP contribution < -0.4 is 10.2 Å². The van der Waals surface area contributed by atoms with E-state index < -0.39 is 11.7 Å². The molecule has 0 fully saturated rings. The van der Waals surface area contributed by atoms with E-state index in [4.69, 9.17) is 0 Å². The summed E-state index contributed by atoms with van der Waals surface area (Å²) in [5.41, 5.74) is 1.71. The average Bonchev–Trinajstić information content (AvgIpc) is 2.50. The molecule has 0 saturated heterocycles. The molecule has 0 aliphatic heterocycles. The van der Waals surface area contributed by atoms with Gasteiger partial charge in [-0.2, -0.15) is 0 Å². The second kappa shape index (κ2) is 6.83. The number of hydrogen-bond acceptors (Lipinski definition) is 3. The molecule has 1 amide bonds. The Morgan fingerprint density at radius 2 is 1.86 bits per heavy atom. The van der Waals surface area contributed by atoms with Gasteiger partial charge in [-0.1, -0.05) is 0 Å². The van der Waals surface area contributed by atoms with E-state index in [1.807, 2.05) is 24.3 Å². The molecule has 0 atom stereocenters. The number of anilines is 2. The molecule has 2 aromatic rings. The Kier molecular flexibility index (Phi) is 4.87. The van der Waals surface area contributed by atoms with E-state index in [0.29, 0.717) is 5.69 Å². The molecule has 0 aliphatic carbocycles. The lowest BCUT2D eigenvalue weighted by Crippen LogP contribution is -2.21. The molecule has 0 radical (unpaired) electrons. The molecule has 0 saturated carbocycles. The van der Waals surface area contributed by atoms with E-state index in [1.165, 1.54) is 12.3 Å². The van der Waals surface area contributed by atoms with Crippen molar-refractivity contribution in [2.24, 2.45) is 0 Å². The molecule has 0 aliphatic rings. The molecule has 2 rings (SSSR count). The largest absolute Gasteiger partial charge is 0.372 e. The van der Waals surface area contributed by atoms with Gasteiger partial charge in [0.05, 0.1) is 11.8 Å². The number of benzene rings is 1. The summed E-state index contributed by atoms with van der Waals surface area (Å²) < 4.78 is 13.5. The molecule has 0 unspecified atom stereocenters. The summed E-state index contributed by atoms with van der Waals surface area (Å²) in [6.45, 7) is 6.02. The van der Waals surface area contributed by atoms with Crippen LogP contribution in [0.2, 0.25) is 0 Å². The maximum Gasteiger partial charge on any atom is 0.258 e. The first kappa shape index (κ1) is 15.0. The number of aromatic nitrogens is 1. The van der Waals surface area contributed by atoms with Crippen molar-refractivity contribution in [2.45, 2.75) is 13.8 Å². The monoisotopic (exact) mass is 287 g/mol. The number of hydrogen-bond donors (Lipinski definition) is 1. The Hall–Kier alpha value is -2.43. The maximum absolute atomic E-state index is 13.5. The maximum atomic E-state index is 13.5. The number of nitrogens with one attached hydrogen (secondary N) is 1. The molecule has 0 spiro atoms. The van der Waals surface area contributed by atoms with E-state index in [2.05, 4.69) is 29.0 Å². The standard InChI is InChI=1S/C16H18FN3O/c1-3-20(4-2)13-7-5-12(6-8-13)19-16(21)14-9-10-18-11-15(14)17/h5-11H,3-4H2,1-2H3,(H,19,21). The molecule has 1 aromatic heterocycles. The lowest BCUT2D eigenvalue weighted by molar-refractivity contribution is 0.102. The van der Waals surface area contributed by atoms with Gasteiger partial charge in [0.25, 0.3) is 5.91 Å². The Balaban J connectivity index is 2.10. The third kappa shape index (κ3) is 3.56. The minimum absolute atomic E-state index is 0.0159. The van der Waals surface area contributed by atoms with Crippen molar-refractivity contribution in [1.29, 1.82) is 0 Å². The molecule has 0 bridgehead atoms. The van der Waals surface area contributed by atoms with Gasteiger partial charge >= 0.3 is 0 Å². The molecule has 5 heteroatoms. The van der Waals surface area contributed by atoms with Gasteiger partial charge in [-0.15, -0.1) is 0 Å². The highest BCUT2D eigenvalue weighted by molar-refractivity contribution is 6.04. The minimum atomic E-state index is -0.630. The van der Waals surface area contributed by atoms with Crippen molar-refractivity contribution in [2.75, 3.05) is 23.3 Å². The number of pyridine rings is 1. The highest BCUT2D eigenvalue weighted by Gasteiger charge is 2.11. The first-order valence-corrected chi connectivity index (χ1v) is 6.91. The average molecular weight is 287 g/mol. The quantitative estimate of drug-likeness (QED) is 0.917. The Labute approximate surface area is 123 Å². The lowest BCUT2D eigenvalue weighted by atomic mass is 10.2. The van der Waals surface area contributed by atoms with Gasteiger partial charge < -0.3 is 10.2 Å². The Bertz CT molecular complexity index is 609. The second-order valence-electron chi connectivity index (χ2n) is 4.53. The van der Waals surface area contributed by atoms with Crippen LogP contribution in [0.1, 0.15) is 24.2 Å². The minimum Gasteiger partial charge on any atom is -0.372 e. The van der Waals surface area contributed by atoms with Crippen molar-refractivity contribution in [3.05, 3.63) is 54.1 Å². The van der Waals surface area contributed by atoms with Crippen LogP contribution in [0, 0.1) is 5.82 Å². The lowest BCUT2D eigenvalue weighted by Gasteiger charge is -2.21. The number of carbonyl (C=O) groups is 1. The van der Waals surface area contributed by atoms with Gasteiger partial charge in [-0.3, -0.25) is 9.78 Å². The third-order valence-corrected chi connectivity index (χ3v) is 3.27. The molecule has 1 N–H and O–H groups in total. The van der Waals surface area contributed by atoms with Crippen molar-refractivity contribution in [3.63, 3.8) is 0 Å². The molecular formula is C16H18FN3O. The van der Waals surface area contributed by atoms with Gasteiger partial charge in [-0.05, 0) is 44.2 Å². The number of amides is 1. The zero-order valence-electron chi connectivity index (χ0n) is 12.1. The van der Waals surface area contributed by atoms with Gasteiger partial charge in [0.1, 0.15) is 0 Å². The summed E-state index contributed by atoms with van der Waals surface area (Å²) in [5.74, 6) is -1.11. The smallest absolute Gasteiger partial charge is 0.258 e. The van der Waals surface area contributed by atoms with E-state index in [9.17, 15) is 9.18 Å². The number of halogens is 1. The zero-order chi connectivity index (χ0) is 15.2. The van der Waals surface area contributed by atoms with Crippen molar-refractivity contribution >= 4 is 17.3 Å². The summed E-state index contributed by atoms with van der Waals surface area (Å²) in [6, 6.07) is 8.85. The predicted octanol–water partition coefficient (Wildman–Crippen LogP) is 3.32. The fourth-order valence-corrected chi connectivity index (χ4v) is 2.10. The molecule has 4 nitrogen and oxygen atoms in total. The van der Waals surface area contributed by atoms with Crippen LogP contribution in [0.4, 0.5) is 15.8 Å². The molecule has 21 heavy (non-hydrogen) atoms. The van der Waals surface area contributed by atoms with Crippen LogP contribution in [-0.2, 0) is 0 Å². The van der Waals surface area contributed by atoms with Crippen LogP contribution in [0.15, 0.2) is 42.7 Å². The van der Waals surface area contributed by atoms with Gasteiger partial charge in [0.2, 0.25) is 0 Å². The van der Waals surface area contributed by atoms with Crippen molar-refractivity contribution in [1.82, 2.24) is 4.98 Å². The number of nitrogens with zero attached hydrogens (tertiary/aromatic N) is 2. The number of rotatable bonds is 5. The van der Waals surface area contributed by atoms with Gasteiger partial charge in [0.15, 0.2) is 5.82 Å². The molecule has 1 heterocycles. The summed E-state index contributed by atoms with van der Waals surface area (Å²) in [7, 11) is 0. The van der Waals surface area contributed by atoms with Crippen LogP contribution in [-0.4, -0.2) is 24.0 Å². The summed E-state index contributed by atoms with van der Waals surface area (Å²) in [4.78, 5) is 17.8. The van der Waals surface area contributed by atoms with Gasteiger partial charge in [-0.25, -0.2) is 4.39 Å². The Morgan fingerprint density at radius 1 is 1.19 bits per heavy atom. The van der Waals surface area contributed by atoms with E-state index in [0.717, 1.165) is 25.0 Å². The van der Waals surface area contributed by atoms with Crippen molar-refractivity contribution in [3.8, 4) is 0 Å². The normalized spacial score (nSPS) is 10.2. The van der Waals surface area contributed by atoms with E-state index >= 15 is 0 Å². The van der Waals surface area contributed by atoms with Crippen LogP contribution in [0.3, 0.4) is 0 Å². The predicted molar refractivity (Wildman–Crippen MR) is 82.2 cm³/mol. The fourth-order valence-electron chi connectivity index (χ4n) is 2.10. The zero-order valence-corrected chi connectivity index (χ0v) is 12.1. The number of carbonyl (C=O) groups excluding carboxylic acids is 1. The summed E-state index contributed by atoms with van der Waals surface area (Å²) in [5, 5.41) is 2.68. The molecule has 110 valence electrons. The molecular weight excluding hydrogens is 269 g/mol. The summed E-state index contributed by atoms with van der Waals surface area (Å²) in [6.07, 6.45) is 2.42. The first-order valence-electron chi connectivity index (χ1n) is 6.91. The topological polar surface area (TPSA) is 45.2 Å². The van der Waals surface area contributed by atoms with Crippen LogP contribution in [0.25, 0.3) is 0 Å². The fraction of sp³-hybridized carbons (Fsp3) is 0.250.